The number of aliphatic hydroxyl groups excluding tert-OH is 1. The first-order chi connectivity index (χ1) is 12.6. The molecule has 0 saturated heterocycles. The number of nitriles is 1. The molecule has 2 fully saturated rings. The summed E-state index contributed by atoms with van der Waals surface area (Å²) < 4.78 is 37.6. The second-order valence-corrected chi connectivity index (χ2v) is 9.33. The first-order valence-electron chi connectivity index (χ1n) is 8.36. The number of nitrogens with zero attached hydrogens (tertiary/aromatic N) is 1. The molecule has 2 aliphatic rings. The maximum Gasteiger partial charge on any atom is 0.405 e. The van der Waals surface area contributed by atoms with Gasteiger partial charge in [0.25, 0.3) is 0 Å². The number of nitrogens with one attached hydrogen (secondary N) is 1. The maximum atomic E-state index is 12.9. The highest BCUT2D eigenvalue weighted by Gasteiger charge is 2.44. The predicted molar refractivity (Wildman–Crippen MR) is 95.5 cm³/mol. The van der Waals surface area contributed by atoms with E-state index in [1.165, 1.54) is 6.07 Å². The van der Waals surface area contributed by atoms with Crippen molar-refractivity contribution in [3.05, 3.63) is 29.0 Å². The van der Waals surface area contributed by atoms with E-state index in [4.69, 9.17) is 27.1 Å². The Kier molecular flexibility index (Phi) is 6.68. The Morgan fingerprint density at radius 2 is 2.07 bits per heavy atom. The van der Waals surface area contributed by atoms with Crippen LogP contribution in [0.1, 0.15) is 32.1 Å². The van der Waals surface area contributed by atoms with Gasteiger partial charge in [-0.1, -0.05) is 11.6 Å². The standard InChI is InChI=1S/C12H14ClFO3S.C5H6N2O2/c13-11-6-9(14)2-4-12(11)18(16,17)10-3-1-8(5-10)7-15;6-3-5(1-2-5)7-4(8)9/h2,4,6,8,10,15H,1,3,5,7H2;7H,1-2H2,(H,8,9)/t8-,10+;/m1./s1. The molecule has 1 aromatic rings. The van der Waals surface area contributed by atoms with E-state index < -0.39 is 32.5 Å². The van der Waals surface area contributed by atoms with Gasteiger partial charge in [-0.3, -0.25) is 0 Å². The van der Waals surface area contributed by atoms with Crippen LogP contribution in [0.25, 0.3) is 0 Å². The van der Waals surface area contributed by atoms with Gasteiger partial charge in [-0.2, -0.15) is 5.26 Å². The van der Waals surface area contributed by atoms with E-state index in [-0.39, 0.29) is 22.4 Å². The van der Waals surface area contributed by atoms with Crippen LogP contribution in [0.15, 0.2) is 23.1 Å². The number of aliphatic hydroxyl groups is 1. The predicted octanol–water partition coefficient (Wildman–Crippen LogP) is 2.72. The molecule has 0 unspecified atom stereocenters. The van der Waals surface area contributed by atoms with Gasteiger partial charge in [0.1, 0.15) is 11.4 Å². The number of benzene rings is 1. The average molecular weight is 419 g/mol. The molecule has 0 spiro atoms. The lowest BCUT2D eigenvalue weighted by Gasteiger charge is -2.13. The van der Waals surface area contributed by atoms with Crippen LogP contribution in [0.5, 0.6) is 0 Å². The summed E-state index contributed by atoms with van der Waals surface area (Å²) in [4.78, 5) is 9.93. The number of hydrogen-bond donors (Lipinski definition) is 3. The number of halogens is 2. The van der Waals surface area contributed by atoms with Crippen molar-refractivity contribution in [3.63, 3.8) is 0 Å². The summed E-state index contributed by atoms with van der Waals surface area (Å²) in [5.41, 5.74) is -0.730. The van der Waals surface area contributed by atoms with Gasteiger partial charge in [-0.25, -0.2) is 17.6 Å². The zero-order valence-corrected chi connectivity index (χ0v) is 15.9. The van der Waals surface area contributed by atoms with E-state index in [9.17, 15) is 17.6 Å². The van der Waals surface area contributed by atoms with E-state index in [0.29, 0.717) is 32.1 Å². The third-order valence-corrected chi connectivity index (χ3v) is 7.40. The zero-order valence-electron chi connectivity index (χ0n) is 14.4. The molecule has 148 valence electrons. The number of amides is 1. The van der Waals surface area contributed by atoms with Gasteiger partial charge in [0.15, 0.2) is 9.84 Å². The minimum Gasteiger partial charge on any atom is -0.465 e. The van der Waals surface area contributed by atoms with Gasteiger partial charge < -0.3 is 15.5 Å². The molecule has 0 aliphatic heterocycles. The SMILES string of the molecule is N#CC1(NC(=O)O)CC1.O=S(=O)(c1ccc(F)cc1Cl)[C@H]1CC[C@@H](CO)C1. The lowest BCUT2D eigenvalue weighted by molar-refractivity contribution is 0.191. The first-order valence-corrected chi connectivity index (χ1v) is 10.3. The Hall–Kier alpha value is -1.89. The van der Waals surface area contributed by atoms with Crippen molar-refractivity contribution in [2.45, 2.75) is 47.8 Å². The third kappa shape index (κ3) is 5.31. The highest BCUT2D eigenvalue weighted by Crippen LogP contribution is 2.36. The van der Waals surface area contributed by atoms with Crippen molar-refractivity contribution in [1.82, 2.24) is 5.32 Å². The van der Waals surface area contributed by atoms with Crippen molar-refractivity contribution in [1.29, 1.82) is 5.26 Å². The van der Waals surface area contributed by atoms with Crippen LogP contribution in [-0.2, 0) is 9.84 Å². The molecular formula is C17H20ClFN2O5S. The van der Waals surface area contributed by atoms with Crippen molar-refractivity contribution < 1.29 is 27.8 Å². The van der Waals surface area contributed by atoms with E-state index >= 15 is 0 Å². The van der Waals surface area contributed by atoms with Crippen LogP contribution < -0.4 is 5.32 Å². The summed E-state index contributed by atoms with van der Waals surface area (Å²) in [6.45, 7) is 0.00314. The molecule has 0 bridgehead atoms. The minimum atomic E-state index is -3.54. The summed E-state index contributed by atoms with van der Waals surface area (Å²) in [6, 6.07) is 5.20. The van der Waals surface area contributed by atoms with Crippen LogP contribution in [-0.4, -0.2) is 42.1 Å². The molecule has 0 radical (unpaired) electrons. The van der Waals surface area contributed by atoms with E-state index in [2.05, 4.69) is 5.32 Å². The molecule has 1 amide bonds. The third-order valence-electron chi connectivity index (χ3n) is 4.70. The Balaban J connectivity index is 0.000000244. The molecule has 2 atom stereocenters. The van der Waals surface area contributed by atoms with Gasteiger partial charge in [-0.05, 0) is 56.2 Å². The lowest BCUT2D eigenvalue weighted by Crippen LogP contribution is -2.33. The van der Waals surface area contributed by atoms with Crippen molar-refractivity contribution in [2.24, 2.45) is 5.92 Å². The number of carboxylic acid groups (broad SMARTS) is 1. The van der Waals surface area contributed by atoms with E-state index in [0.717, 1.165) is 12.1 Å². The Labute approximate surface area is 161 Å². The van der Waals surface area contributed by atoms with Gasteiger partial charge in [0.05, 0.1) is 21.2 Å². The summed E-state index contributed by atoms with van der Waals surface area (Å²) in [5, 5.41) is 27.1. The van der Waals surface area contributed by atoms with Crippen LogP contribution in [0.2, 0.25) is 5.02 Å². The molecule has 2 aliphatic carbocycles. The minimum absolute atomic E-state index is 0.00314. The highest BCUT2D eigenvalue weighted by molar-refractivity contribution is 7.92. The Morgan fingerprint density at radius 1 is 1.41 bits per heavy atom. The molecule has 0 aromatic heterocycles. The topological polar surface area (TPSA) is 127 Å². The van der Waals surface area contributed by atoms with Crippen LogP contribution in [0.4, 0.5) is 9.18 Å². The second-order valence-electron chi connectivity index (χ2n) is 6.73. The maximum absolute atomic E-state index is 12.9. The fourth-order valence-electron chi connectivity index (χ4n) is 2.96. The fourth-order valence-corrected chi connectivity index (χ4v) is 5.37. The summed E-state index contributed by atoms with van der Waals surface area (Å²) in [5.74, 6) is -0.525. The molecule has 7 nitrogen and oxygen atoms in total. The molecule has 10 heteroatoms. The van der Waals surface area contributed by atoms with Crippen molar-refractivity contribution in [2.75, 3.05) is 6.61 Å². The molecule has 2 saturated carbocycles. The van der Waals surface area contributed by atoms with E-state index in [1.54, 1.807) is 0 Å². The molecule has 1 aromatic carbocycles. The van der Waals surface area contributed by atoms with Crippen LogP contribution in [0.3, 0.4) is 0 Å². The summed E-state index contributed by atoms with van der Waals surface area (Å²) in [6.07, 6.45) is 1.83. The number of rotatable bonds is 4. The van der Waals surface area contributed by atoms with E-state index in [1.807, 2.05) is 6.07 Å². The average Bonchev–Trinajstić information content (AvgIpc) is 3.18. The number of carbonyl (C=O) groups is 1. The molecule has 3 rings (SSSR count). The van der Waals surface area contributed by atoms with Crippen LogP contribution in [0, 0.1) is 23.1 Å². The second kappa shape index (κ2) is 8.42. The fraction of sp³-hybridized carbons (Fsp3) is 0.529. The normalized spacial score (nSPS) is 22.9. The smallest absolute Gasteiger partial charge is 0.405 e. The molecule has 0 heterocycles. The Morgan fingerprint density at radius 3 is 2.48 bits per heavy atom. The summed E-state index contributed by atoms with van der Waals surface area (Å²) in [7, 11) is -3.54. The lowest BCUT2D eigenvalue weighted by atomic mass is 10.1. The molecular weight excluding hydrogens is 399 g/mol. The summed E-state index contributed by atoms with van der Waals surface area (Å²) >= 11 is 5.79. The number of hydrogen-bond acceptors (Lipinski definition) is 5. The quantitative estimate of drug-likeness (QED) is 0.645. The number of sulfone groups is 1. The zero-order chi connectivity index (χ0) is 20.2. The highest BCUT2D eigenvalue weighted by atomic mass is 35.5. The van der Waals surface area contributed by atoms with Gasteiger partial charge in [-0.15, -0.1) is 0 Å². The van der Waals surface area contributed by atoms with Crippen molar-refractivity contribution in [3.8, 4) is 6.07 Å². The van der Waals surface area contributed by atoms with Gasteiger partial charge in [0.2, 0.25) is 0 Å². The monoisotopic (exact) mass is 418 g/mol. The first kappa shape index (κ1) is 21.4. The van der Waals surface area contributed by atoms with Gasteiger partial charge in [0, 0.05) is 6.61 Å². The Bertz CT molecular complexity index is 851. The van der Waals surface area contributed by atoms with Crippen LogP contribution >= 0.6 is 11.6 Å². The molecule has 3 N–H and O–H groups in total. The molecule has 27 heavy (non-hydrogen) atoms. The van der Waals surface area contributed by atoms with Gasteiger partial charge >= 0.3 is 6.09 Å². The largest absolute Gasteiger partial charge is 0.465 e. The van der Waals surface area contributed by atoms with Crippen molar-refractivity contribution >= 4 is 27.5 Å².